The first-order chi connectivity index (χ1) is 10.8. The summed E-state index contributed by atoms with van der Waals surface area (Å²) in [4.78, 5) is 34.1. The van der Waals surface area contributed by atoms with Gasteiger partial charge in [-0.3, -0.25) is 9.59 Å². The Morgan fingerprint density at radius 3 is 2.61 bits per heavy atom. The summed E-state index contributed by atoms with van der Waals surface area (Å²) in [7, 11) is 1.29. The molecule has 1 rings (SSSR count). The molecule has 6 nitrogen and oxygen atoms in total. The Hall–Kier alpha value is -2.68. The number of anilines is 1. The quantitative estimate of drug-likeness (QED) is 0.512. The van der Waals surface area contributed by atoms with Crippen molar-refractivity contribution < 1.29 is 14.3 Å². The number of amides is 1. The molecule has 0 aromatic heterocycles. The van der Waals surface area contributed by atoms with Gasteiger partial charge in [-0.25, -0.2) is 0 Å². The summed E-state index contributed by atoms with van der Waals surface area (Å²) in [6.45, 7) is 5.16. The lowest BCUT2D eigenvalue weighted by atomic mass is 9.94. The molecule has 0 aliphatic rings. The number of nitrogens with zero attached hydrogens (tertiary/aromatic N) is 1. The molecule has 0 aliphatic heterocycles. The Morgan fingerprint density at radius 2 is 2.04 bits per heavy atom. The molecule has 0 spiro atoms. The summed E-state index contributed by atoms with van der Waals surface area (Å²) in [5, 5.41) is 5.60. The topological polar surface area (TPSA) is 84.8 Å². The second kappa shape index (κ2) is 8.08. The zero-order valence-corrected chi connectivity index (χ0v) is 13.7. The molecule has 0 saturated heterocycles. The highest BCUT2D eigenvalue weighted by molar-refractivity contribution is 5.92. The van der Waals surface area contributed by atoms with Gasteiger partial charge in [-0.05, 0) is 43.6 Å². The second-order valence-electron chi connectivity index (χ2n) is 5.49. The SMILES string of the molecule is CCCC(=O)Nc1ccc(N=O)cc1C#CC(C)(C)C(=O)OC. The maximum absolute atomic E-state index is 11.8. The lowest BCUT2D eigenvalue weighted by Gasteiger charge is -2.13. The van der Waals surface area contributed by atoms with Crippen LogP contribution in [-0.2, 0) is 14.3 Å². The zero-order valence-electron chi connectivity index (χ0n) is 13.7. The van der Waals surface area contributed by atoms with Crippen LogP contribution in [0.3, 0.4) is 0 Å². The largest absolute Gasteiger partial charge is 0.468 e. The van der Waals surface area contributed by atoms with Gasteiger partial charge in [-0.1, -0.05) is 18.8 Å². The molecule has 6 heteroatoms. The predicted molar refractivity (Wildman–Crippen MR) is 88.1 cm³/mol. The fourth-order valence-electron chi connectivity index (χ4n) is 1.77. The van der Waals surface area contributed by atoms with Gasteiger partial charge in [0, 0.05) is 6.42 Å². The van der Waals surface area contributed by atoms with Crippen molar-refractivity contribution in [1.29, 1.82) is 0 Å². The van der Waals surface area contributed by atoms with Crippen molar-refractivity contribution in [3.05, 3.63) is 28.7 Å². The Kier molecular flexibility index (Phi) is 6.46. The summed E-state index contributed by atoms with van der Waals surface area (Å²) < 4.78 is 4.70. The fourth-order valence-corrected chi connectivity index (χ4v) is 1.77. The molecule has 0 bridgehead atoms. The molecule has 23 heavy (non-hydrogen) atoms. The molecule has 0 saturated carbocycles. The summed E-state index contributed by atoms with van der Waals surface area (Å²) in [6, 6.07) is 4.53. The average Bonchev–Trinajstić information content (AvgIpc) is 2.53. The fraction of sp³-hybridized carbons (Fsp3) is 0.412. The highest BCUT2D eigenvalue weighted by atomic mass is 16.5. The van der Waals surface area contributed by atoms with Crippen molar-refractivity contribution in [2.45, 2.75) is 33.6 Å². The lowest BCUT2D eigenvalue weighted by Crippen LogP contribution is -2.23. The van der Waals surface area contributed by atoms with Crippen molar-refractivity contribution >= 4 is 23.3 Å². The van der Waals surface area contributed by atoms with Crippen molar-refractivity contribution in [3.8, 4) is 11.8 Å². The molecule has 1 amide bonds. The van der Waals surface area contributed by atoms with Gasteiger partial charge in [-0.2, -0.15) is 0 Å². The van der Waals surface area contributed by atoms with E-state index in [1.807, 2.05) is 6.92 Å². The molecule has 0 atom stereocenters. The molecule has 122 valence electrons. The van der Waals surface area contributed by atoms with Gasteiger partial charge in [0.15, 0.2) is 0 Å². The molecule has 0 heterocycles. The van der Waals surface area contributed by atoms with Gasteiger partial charge in [-0.15, -0.1) is 4.91 Å². The smallest absolute Gasteiger partial charge is 0.323 e. The molecule has 0 aliphatic carbocycles. The van der Waals surface area contributed by atoms with E-state index in [-0.39, 0.29) is 11.6 Å². The first kappa shape index (κ1) is 18.4. The van der Waals surface area contributed by atoms with Crippen LogP contribution in [0.5, 0.6) is 0 Å². The van der Waals surface area contributed by atoms with Crippen LogP contribution >= 0.6 is 0 Å². The number of esters is 1. The maximum Gasteiger partial charge on any atom is 0.323 e. The monoisotopic (exact) mass is 316 g/mol. The Bertz CT molecular complexity index is 669. The van der Waals surface area contributed by atoms with Crippen LogP contribution in [-0.4, -0.2) is 19.0 Å². The number of hydrogen-bond donors (Lipinski definition) is 1. The predicted octanol–water partition coefficient (Wildman–Crippen LogP) is 3.37. The minimum atomic E-state index is -1.01. The number of rotatable bonds is 5. The van der Waals surface area contributed by atoms with E-state index in [4.69, 9.17) is 4.74 Å². The Morgan fingerprint density at radius 1 is 1.35 bits per heavy atom. The van der Waals surface area contributed by atoms with Crippen LogP contribution in [0.15, 0.2) is 23.4 Å². The average molecular weight is 316 g/mol. The van der Waals surface area contributed by atoms with Crippen LogP contribution in [0.4, 0.5) is 11.4 Å². The van der Waals surface area contributed by atoms with Gasteiger partial charge in [0.25, 0.3) is 0 Å². The Balaban J connectivity index is 3.20. The van der Waals surface area contributed by atoms with Gasteiger partial charge in [0.1, 0.15) is 11.1 Å². The molecular formula is C17H20N2O4. The normalized spacial score (nSPS) is 10.3. The highest BCUT2D eigenvalue weighted by Crippen LogP contribution is 2.23. The highest BCUT2D eigenvalue weighted by Gasteiger charge is 2.26. The summed E-state index contributed by atoms with van der Waals surface area (Å²) in [6.07, 6.45) is 1.10. The van der Waals surface area contributed by atoms with Crippen LogP contribution < -0.4 is 5.32 Å². The van der Waals surface area contributed by atoms with Crippen LogP contribution in [0.1, 0.15) is 39.2 Å². The van der Waals surface area contributed by atoms with E-state index in [2.05, 4.69) is 22.3 Å². The van der Waals surface area contributed by atoms with Gasteiger partial charge in [0.05, 0.1) is 18.4 Å². The number of ether oxygens (including phenoxy) is 1. The van der Waals surface area contributed by atoms with E-state index in [0.29, 0.717) is 17.7 Å². The number of carbonyl (C=O) groups is 2. The van der Waals surface area contributed by atoms with E-state index >= 15 is 0 Å². The zero-order chi connectivity index (χ0) is 17.5. The molecule has 1 aromatic carbocycles. The summed E-state index contributed by atoms with van der Waals surface area (Å²) in [5.74, 6) is 5.02. The third-order valence-electron chi connectivity index (χ3n) is 3.07. The minimum Gasteiger partial charge on any atom is -0.468 e. The first-order valence-corrected chi connectivity index (χ1v) is 7.23. The third-order valence-corrected chi connectivity index (χ3v) is 3.07. The summed E-state index contributed by atoms with van der Waals surface area (Å²) in [5.41, 5.74) is 0.0792. The van der Waals surface area contributed by atoms with Gasteiger partial charge >= 0.3 is 5.97 Å². The number of carbonyl (C=O) groups excluding carboxylic acids is 2. The van der Waals surface area contributed by atoms with Crippen LogP contribution in [0.25, 0.3) is 0 Å². The molecule has 0 fully saturated rings. The molecule has 0 radical (unpaired) electrons. The lowest BCUT2D eigenvalue weighted by molar-refractivity contribution is -0.147. The van der Waals surface area contributed by atoms with E-state index in [1.165, 1.54) is 19.2 Å². The van der Waals surface area contributed by atoms with Crippen molar-refractivity contribution in [3.63, 3.8) is 0 Å². The molecule has 1 aromatic rings. The van der Waals surface area contributed by atoms with E-state index < -0.39 is 11.4 Å². The van der Waals surface area contributed by atoms with E-state index in [0.717, 1.165) is 6.42 Å². The van der Waals surface area contributed by atoms with Gasteiger partial charge in [0.2, 0.25) is 5.91 Å². The summed E-state index contributed by atoms with van der Waals surface area (Å²) >= 11 is 0. The molecule has 1 N–H and O–H groups in total. The Labute approximate surface area is 135 Å². The van der Waals surface area contributed by atoms with E-state index in [1.54, 1.807) is 19.9 Å². The standard InChI is InChI=1S/C17H20N2O4/c1-5-6-15(20)18-14-8-7-13(19-22)11-12(14)9-10-17(2,3)16(21)23-4/h7-8,11H,5-6H2,1-4H3,(H,18,20). The molecular weight excluding hydrogens is 296 g/mol. The van der Waals surface area contributed by atoms with E-state index in [9.17, 15) is 14.5 Å². The van der Waals surface area contributed by atoms with Crippen LogP contribution in [0, 0.1) is 22.2 Å². The number of nitrogens with one attached hydrogen (secondary N) is 1. The van der Waals surface area contributed by atoms with Gasteiger partial charge < -0.3 is 10.1 Å². The van der Waals surface area contributed by atoms with Crippen molar-refractivity contribution in [2.75, 3.05) is 12.4 Å². The first-order valence-electron chi connectivity index (χ1n) is 7.23. The van der Waals surface area contributed by atoms with Crippen molar-refractivity contribution in [1.82, 2.24) is 0 Å². The third kappa shape index (κ3) is 5.22. The molecule has 0 unspecified atom stereocenters. The second-order valence-corrected chi connectivity index (χ2v) is 5.49. The van der Waals surface area contributed by atoms with Crippen LogP contribution in [0.2, 0.25) is 0 Å². The van der Waals surface area contributed by atoms with Crippen molar-refractivity contribution in [2.24, 2.45) is 10.6 Å². The number of hydrogen-bond acceptors (Lipinski definition) is 5. The maximum atomic E-state index is 11.8. The number of nitroso groups, excluding NO2 is 1. The minimum absolute atomic E-state index is 0.144. The number of benzene rings is 1. The number of methoxy groups -OCH3 is 1.